The van der Waals surface area contributed by atoms with Crippen LogP contribution in [0.4, 0.5) is 0 Å². The van der Waals surface area contributed by atoms with E-state index in [0.29, 0.717) is 27.9 Å². The van der Waals surface area contributed by atoms with Crippen molar-refractivity contribution in [2.75, 3.05) is 14.2 Å². The van der Waals surface area contributed by atoms with Crippen LogP contribution in [0.2, 0.25) is 0 Å². The molecule has 2 amide bonds. The zero-order chi connectivity index (χ0) is 20.1. The van der Waals surface area contributed by atoms with Gasteiger partial charge in [0.1, 0.15) is 0 Å². The average Bonchev–Trinajstić information content (AvgIpc) is 3.13. The van der Waals surface area contributed by atoms with Crippen molar-refractivity contribution in [3.63, 3.8) is 0 Å². The van der Waals surface area contributed by atoms with Crippen LogP contribution in [0.3, 0.4) is 0 Å². The molecule has 1 aromatic carbocycles. The molecule has 0 saturated carbocycles. The van der Waals surface area contributed by atoms with E-state index in [4.69, 9.17) is 9.47 Å². The van der Waals surface area contributed by atoms with Crippen molar-refractivity contribution in [2.45, 2.75) is 26.2 Å². The smallest absolute Gasteiger partial charge is 0.279 e. The molecule has 0 bridgehead atoms. The molecular formula is C21H24N2O4S. The summed E-state index contributed by atoms with van der Waals surface area (Å²) in [6, 6.07) is 7.33. The summed E-state index contributed by atoms with van der Waals surface area (Å²) in [7, 11) is 3.09. The van der Waals surface area contributed by atoms with Crippen LogP contribution in [0.1, 0.15) is 39.0 Å². The first-order chi connectivity index (χ1) is 13.5. The van der Waals surface area contributed by atoms with E-state index in [1.165, 1.54) is 35.0 Å². The van der Waals surface area contributed by atoms with Crippen molar-refractivity contribution in [2.24, 2.45) is 5.92 Å². The summed E-state index contributed by atoms with van der Waals surface area (Å²) in [6.45, 7) is 2.23. The van der Waals surface area contributed by atoms with Gasteiger partial charge >= 0.3 is 0 Å². The molecule has 28 heavy (non-hydrogen) atoms. The lowest BCUT2D eigenvalue weighted by Crippen LogP contribution is -2.40. The molecule has 1 atom stereocenters. The number of aryl methyl sites for hydroxylation is 1. The summed E-state index contributed by atoms with van der Waals surface area (Å²) in [5.41, 5.74) is 6.84. The van der Waals surface area contributed by atoms with E-state index < -0.39 is 5.91 Å². The van der Waals surface area contributed by atoms with Gasteiger partial charge in [-0.2, -0.15) is 0 Å². The molecule has 0 unspecified atom stereocenters. The largest absolute Gasteiger partial charge is 0.493 e. The van der Waals surface area contributed by atoms with Crippen molar-refractivity contribution in [1.29, 1.82) is 0 Å². The maximum atomic E-state index is 12.3. The first-order valence-corrected chi connectivity index (χ1v) is 9.94. The molecule has 6 nitrogen and oxygen atoms in total. The third kappa shape index (κ3) is 4.54. The third-order valence-electron chi connectivity index (χ3n) is 4.70. The summed E-state index contributed by atoms with van der Waals surface area (Å²) < 4.78 is 10.6. The second-order valence-electron chi connectivity index (χ2n) is 6.77. The Hall–Kier alpha value is -2.80. The lowest BCUT2D eigenvalue weighted by Gasteiger charge is -2.16. The normalized spacial score (nSPS) is 15.8. The van der Waals surface area contributed by atoms with Crippen LogP contribution in [0.5, 0.6) is 11.5 Å². The minimum atomic E-state index is -0.437. The van der Waals surface area contributed by atoms with E-state index in [9.17, 15) is 9.59 Å². The Kier molecular flexibility index (Phi) is 6.36. The molecule has 1 heterocycles. The van der Waals surface area contributed by atoms with Gasteiger partial charge in [-0.05, 0) is 49.0 Å². The molecule has 2 aromatic rings. The molecule has 3 rings (SSSR count). The van der Waals surface area contributed by atoms with Gasteiger partial charge in [-0.1, -0.05) is 19.1 Å². The van der Waals surface area contributed by atoms with Gasteiger partial charge in [0.15, 0.2) is 11.5 Å². The SMILES string of the molecule is COc1cccc(/C=C/C(=O)NNC(=O)c2cc3c(s2)CC[C@H](C)C3)c1OC. The monoisotopic (exact) mass is 400 g/mol. The van der Waals surface area contributed by atoms with Crippen molar-refractivity contribution in [1.82, 2.24) is 10.9 Å². The van der Waals surface area contributed by atoms with Gasteiger partial charge in [0.2, 0.25) is 0 Å². The number of hydrazine groups is 1. The van der Waals surface area contributed by atoms with E-state index in [-0.39, 0.29) is 5.91 Å². The van der Waals surface area contributed by atoms with Crippen molar-refractivity contribution < 1.29 is 19.1 Å². The number of carbonyl (C=O) groups excluding carboxylic acids is 2. The molecule has 1 aliphatic rings. The number of para-hydroxylation sites is 1. The first kappa shape index (κ1) is 19.9. The maximum Gasteiger partial charge on any atom is 0.279 e. The van der Waals surface area contributed by atoms with E-state index in [1.54, 1.807) is 31.4 Å². The number of ether oxygens (including phenoxy) is 2. The highest BCUT2D eigenvalue weighted by atomic mass is 32.1. The summed E-state index contributed by atoms with van der Waals surface area (Å²) in [6.07, 6.45) is 6.12. The average molecular weight is 401 g/mol. The van der Waals surface area contributed by atoms with Crippen LogP contribution in [-0.2, 0) is 17.6 Å². The number of methoxy groups -OCH3 is 2. The van der Waals surface area contributed by atoms with E-state index in [2.05, 4.69) is 17.8 Å². The molecule has 0 radical (unpaired) electrons. The molecule has 1 aliphatic carbocycles. The molecule has 7 heteroatoms. The van der Waals surface area contributed by atoms with Crippen LogP contribution in [0.25, 0.3) is 6.08 Å². The van der Waals surface area contributed by atoms with Gasteiger partial charge in [-0.15, -0.1) is 11.3 Å². The zero-order valence-electron chi connectivity index (χ0n) is 16.2. The van der Waals surface area contributed by atoms with Crippen molar-refractivity contribution in [3.8, 4) is 11.5 Å². The molecule has 0 fully saturated rings. The summed E-state index contributed by atoms with van der Waals surface area (Å²) >= 11 is 1.50. The van der Waals surface area contributed by atoms with Gasteiger partial charge < -0.3 is 9.47 Å². The molecule has 0 spiro atoms. The van der Waals surface area contributed by atoms with Gasteiger partial charge in [0.25, 0.3) is 11.8 Å². The fourth-order valence-corrected chi connectivity index (χ4v) is 4.35. The fraction of sp³-hybridized carbons (Fsp3) is 0.333. The van der Waals surface area contributed by atoms with E-state index in [1.807, 2.05) is 6.07 Å². The van der Waals surface area contributed by atoms with Crippen LogP contribution >= 0.6 is 11.3 Å². The molecule has 148 valence electrons. The number of benzene rings is 1. The Labute approximate surface area is 168 Å². The number of fused-ring (bicyclic) bond motifs is 1. The molecule has 0 aliphatic heterocycles. The minimum Gasteiger partial charge on any atom is -0.493 e. The highest BCUT2D eigenvalue weighted by molar-refractivity contribution is 7.14. The molecule has 2 N–H and O–H groups in total. The zero-order valence-corrected chi connectivity index (χ0v) is 17.0. The Bertz CT molecular complexity index is 904. The number of hydrogen-bond donors (Lipinski definition) is 2. The highest BCUT2D eigenvalue weighted by Crippen LogP contribution is 2.32. The predicted molar refractivity (Wildman–Crippen MR) is 110 cm³/mol. The minimum absolute atomic E-state index is 0.298. The molecule has 1 aromatic heterocycles. The fourth-order valence-electron chi connectivity index (χ4n) is 3.25. The van der Waals surface area contributed by atoms with Crippen molar-refractivity contribution in [3.05, 3.63) is 51.2 Å². The number of nitrogens with one attached hydrogen (secondary N) is 2. The Balaban J connectivity index is 1.59. The van der Waals surface area contributed by atoms with Crippen LogP contribution in [0, 0.1) is 5.92 Å². The number of thiophene rings is 1. The third-order valence-corrected chi connectivity index (χ3v) is 5.94. The number of rotatable bonds is 5. The Morgan fingerprint density at radius 1 is 1.21 bits per heavy atom. The highest BCUT2D eigenvalue weighted by Gasteiger charge is 2.20. The quantitative estimate of drug-likeness (QED) is 0.596. The van der Waals surface area contributed by atoms with Gasteiger partial charge in [0, 0.05) is 16.5 Å². The summed E-state index contributed by atoms with van der Waals surface area (Å²) in [5.74, 6) is 1.03. The van der Waals surface area contributed by atoms with Gasteiger partial charge in [-0.25, -0.2) is 0 Å². The van der Waals surface area contributed by atoms with Crippen LogP contribution < -0.4 is 20.3 Å². The molecule has 0 saturated heterocycles. The second kappa shape index (κ2) is 8.93. The van der Waals surface area contributed by atoms with Gasteiger partial charge in [-0.3, -0.25) is 20.4 Å². The van der Waals surface area contributed by atoms with Crippen LogP contribution in [0.15, 0.2) is 30.3 Å². The predicted octanol–water partition coefficient (Wildman–Crippen LogP) is 3.36. The summed E-state index contributed by atoms with van der Waals surface area (Å²) in [5, 5.41) is 0. The standard InChI is InChI=1S/C21H24N2O4S/c1-13-7-9-17-15(11-13)12-18(28-17)21(25)23-22-19(24)10-8-14-5-4-6-16(26-2)20(14)27-3/h4-6,8,10,12-13H,7,9,11H2,1-3H3,(H,22,24)(H,23,25)/b10-8+/t13-/m0/s1. The van der Waals surface area contributed by atoms with E-state index >= 15 is 0 Å². The number of amides is 2. The number of carbonyl (C=O) groups is 2. The Morgan fingerprint density at radius 2 is 2.04 bits per heavy atom. The van der Waals surface area contributed by atoms with Crippen molar-refractivity contribution >= 4 is 29.2 Å². The second-order valence-corrected chi connectivity index (χ2v) is 7.90. The Morgan fingerprint density at radius 3 is 2.79 bits per heavy atom. The topological polar surface area (TPSA) is 76.7 Å². The maximum absolute atomic E-state index is 12.3. The first-order valence-electron chi connectivity index (χ1n) is 9.12. The van der Waals surface area contributed by atoms with Gasteiger partial charge in [0.05, 0.1) is 19.1 Å². The number of hydrogen-bond acceptors (Lipinski definition) is 5. The molecular weight excluding hydrogens is 376 g/mol. The summed E-state index contributed by atoms with van der Waals surface area (Å²) in [4.78, 5) is 26.3. The lowest BCUT2D eigenvalue weighted by molar-refractivity contribution is -0.117. The lowest BCUT2D eigenvalue weighted by atomic mass is 9.90. The van der Waals surface area contributed by atoms with Crippen LogP contribution in [-0.4, -0.2) is 26.0 Å². The van der Waals surface area contributed by atoms with E-state index in [0.717, 1.165) is 19.3 Å².